The fourth-order valence-electron chi connectivity index (χ4n) is 5.78. The zero-order valence-corrected chi connectivity index (χ0v) is 34.3. The first-order valence-corrected chi connectivity index (χ1v) is 21.2. The van der Waals surface area contributed by atoms with Crippen molar-refractivity contribution in [2.75, 3.05) is 46.1 Å². The molecule has 0 aromatic heterocycles. The molecular weight excluding hydrogens is 654 g/mol. The van der Waals surface area contributed by atoms with E-state index >= 15 is 0 Å². The Morgan fingerprint density at radius 2 is 1.06 bits per heavy atom. The largest absolute Gasteiger partial charge is 0.508 e. The highest BCUT2D eigenvalue weighted by Crippen LogP contribution is 2.18. The molecule has 0 aliphatic heterocycles. The second-order valence-corrected chi connectivity index (χ2v) is 14.0. The Morgan fingerprint density at radius 1 is 0.538 bits per heavy atom. The van der Waals surface area contributed by atoms with Crippen LogP contribution < -0.4 is 0 Å². The van der Waals surface area contributed by atoms with Crippen molar-refractivity contribution in [3.8, 4) is 0 Å². The van der Waals surface area contributed by atoms with Gasteiger partial charge in [0.15, 0.2) is 0 Å². The minimum Gasteiger partial charge on any atom is -0.465 e. The summed E-state index contributed by atoms with van der Waals surface area (Å²) < 4.78 is 21.8. The van der Waals surface area contributed by atoms with Gasteiger partial charge in [-0.3, -0.25) is 4.79 Å². The molecular formula is C44H79NO7. The number of hydrogen-bond donors (Lipinski definition) is 0. The number of carbonyl (C=O) groups excluding carboxylic acids is 3. The number of esters is 2. The Bertz CT molecular complexity index is 941. The highest BCUT2D eigenvalue weighted by molar-refractivity contribution is 5.82. The maximum absolute atomic E-state index is 12.9. The molecule has 0 heterocycles. The predicted molar refractivity (Wildman–Crippen MR) is 215 cm³/mol. The monoisotopic (exact) mass is 734 g/mol. The lowest BCUT2D eigenvalue weighted by molar-refractivity contribution is -0.148. The molecule has 0 aromatic carbocycles. The molecule has 1 atom stereocenters. The van der Waals surface area contributed by atoms with Crippen LogP contribution in [0.4, 0.5) is 4.79 Å². The van der Waals surface area contributed by atoms with Gasteiger partial charge in [-0.15, -0.1) is 0 Å². The van der Waals surface area contributed by atoms with Crippen molar-refractivity contribution in [2.45, 2.75) is 176 Å². The van der Waals surface area contributed by atoms with Gasteiger partial charge in [0, 0.05) is 19.0 Å². The van der Waals surface area contributed by atoms with Crippen LogP contribution in [0.15, 0.2) is 36.0 Å². The quantitative estimate of drug-likeness (QED) is 0.0207. The SMILES string of the molecule is CCCCC/C=C\C/C=C\CCCCCCCC(=O)OCC(COC(=O)/C=C(\CCCCC)CCCCCC)COC(=O)OCCCN(CC)CC. The fraction of sp³-hybridized carbons (Fsp3) is 0.795. The van der Waals surface area contributed by atoms with Crippen molar-refractivity contribution in [3.05, 3.63) is 36.0 Å². The lowest BCUT2D eigenvalue weighted by atomic mass is 10.0. The predicted octanol–water partition coefficient (Wildman–Crippen LogP) is 11.9. The van der Waals surface area contributed by atoms with E-state index in [0.29, 0.717) is 6.42 Å². The Balaban J connectivity index is 4.75. The van der Waals surface area contributed by atoms with Gasteiger partial charge in [-0.1, -0.05) is 129 Å². The minimum atomic E-state index is -0.766. The Labute approximate surface area is 319 Å². The van der Waals surface area contributed by atoms with Gasteiger partial charge in [0.2, 0.25) is 0 Å². The molecule has 0 saturated heterocycles. The first-order chi connectivity index (χ1) is 25.4. The maximum Gasteiger partial charge on any atom is 0.508 e. The average Bonchev–Trinajstić information content (AvgIpc) is 3.14. The highest BCUT2D eigenvalue weighted by Gasteiger charge is 2.18. The first kappa shape index (κ1) is 49.4. The van der Waals surface area contributed by atoms with Gasteiger partial charge in [0.25, 0.3) is 0 Å². The summed E-state index contributed by atoms with van der Waals surface area (Å²) >= 11 is 0. The minimum absolute atomic E-state index is 0.00566. The van der Waals surface area contributed by atoms with E-state index in [4.69, 9.17) is 18.9 Å². The number of rotatable bonds is 36. The van der Waals surface area contributed by atoms with E-state index in [2.05, 4.69) is 63.8 Å². The van der Waals surface area contributed by atoms with E-state index in [0.717, 1.165) is 122 Å². The molecule has 0 amide bonds. The van der Waals surface area contributed by atoms with Gasteiger partial charge < -0.3 is 23.8 Å². The van der Waals surface area contributed by atoms with Crippen LogP contribution in [-0.4, -0.2) is 69.1 Å². The summed E-state index contributed by atoms with van der Waals surface area (Å²) in [6.45, 7) is 13.7. The molecule has 8 nitrogen and oxygen atoms in total. The van der Waals surface area contributed by atoms with Crippen molar-refractivity contribution in [1.29, 1.82) is 0 Å². The standard InChI is InChI=1S/C44H79NO7/c1-6-11-14-16-17-18-19-20-21-22-23-24-25-26-29-33-42(46)50-37-41(39-52-44(48)49-35-30-34-45(9-4)10-5)38-51-43(47)36-40(31-27-13-8-3)32-28-15-12-7-2/h17-18,20-21,36,41H,6-16,19,22-35,37-39H2,1-5H3/b18-17-,21-20-,40-36+. The molecule has 0 fully saturated rings. The summed E-state index contributed by atoms with van der Waals surface area (Å²) in [4.78, 5) is 40.0. The molecule has 302 valence electrons. The first-order valence-electron chi connectivity index (χ1n) is 21.2. The molecule has 0 saturated carbocycles. The lowest BCUT2D eigenvalue weighted by Gasteiger charge is -2.18. The van der Waals surface area contributed by atoms with Crippen LogP contribution in [0.1, 0.15) is 176 Å². The van der Waals surface area contributed by atoms with Gasteiger partial charge in [-0.05, 0) is 83.7 Å². The van der Waals surface area contributed by atoms with E-state index < -0.39 is 18.0 Å². The third-order valence-electron chi connectivity index (χ3n) is 9.22. The average molecular weight is 734 g/mol. The van der Waals surface area contributed by atoms with Gasteiger partial charge in [-0.2, -0.15) is 0 Å². The van der Waals surface area contributed by atoms with E-state index in [1.807, 2.05) is 0 Å². The number of unbranched alkanes of at least 4 members (excludes halogenated alkanes) is 13. The lowest BCUT2D eigenvalue weighted by Crippen LogP contribution is -2.27. The van der Waals surface area contributed by atoms with Crippen molar-refractivity contribution in [3.63, 3.8) is 0 Å². The van der Waals surface area contributed by atoms with Crippen molar-refractivity contribution in [2.24, 2.45) is 5.92 Å². The highest BCUT2D eigenvalue weighted by atomic mass is 16.7. The van der Waals surface area contributed by atoms with Crippen molar-refractivity contribution < 1.29 is 33.3 Å². The summed E-state index contributed by atoms with van der Waals surface area (Å²) in [6, 6.07) is 0. The normalized spacial score (nSPS) is 12.5. The van der Waals surface area contributed by atoms with Gasteiger partial charge in [-0.25, -0.2) is 9.59 Å². The van der Waals surface area contributed by atoms with Crippen LogP contribution in [-0.2, 0) is 28.5 Å². The third kappa shape index (κ3) is 33.2. The van der Waals surface area contributed by atoms with E-state index in [9.17, 15) is 14.4 Å². The Morgan fingerprint density at radius 3 is 1.73 bits per heavy atom. The molecule has 1 unspecified atom stereocenters. The number of hydrogen-bond acceptors (Lipinski definition) is 8. The number of nitrogens with zero attached hydrogens (tertiary/aromatic N) is 1. The summed E-state index contributed by atoms with van der Waals surface area (Å²) in [6.07, 6.45) is 33.0. The summed E-state index contributed by atoms with van der Waals surface area (Å²) in [7, 11) is 0. The molecule has 52 heavy (non-hydrogen) atoms. The topological polar surface area (TPSA) is 91.4 Å². The number of ether oxygens (including phenoxy) is 4. The molecule has 0 aliphatic carbocycles. The van der Waals surface area contributed by atoms with Crippen LogP contribution in [0.2, 0.25) is 0 Å². The number of allylic oxidation sites excluding steroid dienone is 5. The van der Waals surface area contributed by atoms with Crippen LogP contribution in [0.5, 0.6) is 0 Å². The smallest absolute Gasteiger partial charge is 0.465 e. The van der Waals surface area contributed by atoms with Gasteiger partial charge in [0.1, 0.15) is 19.8 Å². The molecule has 0 radical (unpaired) electrons. The van der Waals surface area contributed by atoms with E-state index in [1.165, 1.54) is 38.5 Å². The molecule has 0 aliphatic rings. The van der Waals surface area contributed by atoms with Crippen molar-refractivity contribution >= 4 is 18.1 Å². The molecule has 0 rings (SSSR count). The van der Waals surface area contributed by atoms with E-state index in [-0.39, 0.29) is 32.4 Å². The number of carbonyl (C=O) groups is 3. The molecule has 0 spiro atoms. The second kappa shape index (κ2) is 38.1. The molecule has 0 bridgehead atoms. The maximum atomic E-state index is 12.9. The molecule has 8 heteroatoms. The summed E-state index contributed by atoms with van der Waals surface area (Å²) in [5.41, 5.74) is 1.12. The fourth-order valence-corrected chi connectivity index (χ4v) is 5.78. The van der Waals surface area contributed by atoms with Crippen molar-refractivity contribution in [1.82, 2.24) is 4.90 Å². The summed E-state index contributed by atoms with van der Waals surface area (Å²) in [5.74, 6) is -1.17. The molecule has 0 N–H and O–H groups in total. The zero-order valence-electron chi connectivity index (χ0n) is 34.3. The van der Waals surface area contributed by atoms with Gasteiger partial charge in [0.05, 0.1) is 12.5 Å². The summed E-state index contributed by atoms with van der Waals surface area (Å²) in [5, 5.41) is 0. The Kier molecular flexibility index (Phi) is 36.2. The van der Waals surface area contributed by atoms with Crippen LogP contribution in [0, 0.1) is 5.92 Å². The zero-order chi connectivity index (χ0) is 38.3. The molecule has 0 aromatic rings. The van der Waals surface area contributed by atoms with E-state index in [1.54, 1.807) is 6.08 Å². The Hall–Kier alpha value is -2.61. The van der Waals surface area contributed by atoms with Gasteiger partial charge >= 0.3 is 18.1 Å². The van der Waals surface area contributed by atoms with Crippen LogP contribution in [0.25, 0.3) is 0 Å². The van der Waals surface area contributed by atoms with Crippen LogP contribution in [0.3, 0.4) is 0 Å². The second-order valence-electron chi connectivity index (χ2n) is 14.0. The van der Waals surface area contributed by atoms with Crippen LogP contribution >= 0.6 is 0 Å². The third-order valence-corrected chi connectivity index (χ3v) is 9.22.